The van der Waals surface area contributed by atoms with Crippen LogP contribution in [0.3, 0.4) is 0 Å². The second-order valence-corrected chi connectivity index (χ2v) is 4.98. The van der Waals surface area contributed by atoms with Crippen molar-refractivity contribution in [1.82, 2.24) is 4.90 Å². The third-order valence-electron chi connectivity index (χ3n) is 2.98. The Labute approximate surface area is 124 Å². The largest absolute Gasteiger partial charge is 0.492 e. The fourth-order valence-corrected chi connectivity index (χ4v) is 1.72. The van der Waals surface area contributed by atoms with Gasteiger partial charge in [-0.2, -0.15) is 0 Å². The Morgan fingerprint density at radius 3 is 2.52 bits per heavy atom. The normalized spacial score (nSPS) is 13.6. The first-order valence-corrected chi connectivity index (χ1v) is 6.79. The highest BCUT2D eigenvalue weighted by atomic mass is 16.5. The predicted octanol–water partition coefficient (Wildman–Crippen LogP) is 1.72. The van der Waals surface area contributed by atoms with E-state index >= 15 is 0 Å². The molecule has 0 saturated heterocycles. The van der Waals surface area contributed by atoms with Crippen molar-refractivity contribution < 1.29 is 14.9 Å². The summed E-state index contributed by atoms with van der Waals surface area (Å²) in [6, 6.07) is 6.95. The molecule has 1 aromatic rings. The van der Waals surface area contributed by atoms with Crippen LogP contribution in [0.2, 0.25) is 0 Å². The highest BCUT2D eigenvalue weighted by Crippen LogP contribution is 2.22. The Balaban J connectivity index is 2.50. The van der Waals surface area contributed by atoms with Crippen molar-refractivity contribution in [3.8, 4) is 5.75 Å². The maximum atomic E-state index is 10.00. The van der Waals surface area contributed by atoms with Crippen LogP contribution in [0.4, 0.5) is 0 Å². The minimum Gasteiger partial charge on any atom is -0.492 e. The molecule has 0 aliphatic heterocycles. The zero-order valence-electron chi connectivity index (χ0n) is 12.4. The molecule has 1 rings (SSSR count). The van der Waals surface area contributed by atoms with Crippen molar-refractivity contribution in [2.75, 3.05) is 33.8 Å². The molecule has 0 bridgehead atoms. The number of hydrogen-bond donors (Lipinski definition) is 2. The average molecular weight is 294 g/mol. The van der Waals surface area contributed by atoms with Crippen molar-refractivity contribution >= 4 is 0 Å². The second kappa shape index (κ2) is 9.20. The summed E-state index contributed by atoms with van der Waals surface area (Å²) < 4.78 is 5.55. The number of likely N-dealkylation sites (N-methyl/N-ethyl adjacent to an activating group) is 1. The fourth-order valence-electron chi connectivity index (χ4n) is 1.72. The molecule has 0 fully saturated rings. The first-order valence-electron chi connectivity index (χ1n) is 6.79. The van der Waals surface area contributed by atoms with Gasteiger partial charge in [-0.15, -0.1) is 0 Å². The number of aliphatic hydroxyl groups excluding tert-OH is 2. The van der Waals surface area contributed by atoms with Gasteiger partial charge >= 0.3 is 0 Å². The number of benzene rings is 1. The Bertz CT molecular complexity index is 458. The standard InChI is InChI=1S/C14H22N4O3/c1-18(2)9-10-21-12-5-3-11(4-6-12)14(20)13(19)7-8-16-17-15/h3-6,13-14,19-20H,7-10H2,1-2H3. The lowest BCUT2D eigenvalue weighted by Gasteiger charge is -2.18. The highest BCUT2D eigenvalue weighted by Gasteiger charge is 2.17. The molecule has 0 spiro atoms. The summed E-state index contributed by atoms with van der Waals surface area (Å²) in [5.74, 6) is 0.719. The minimum absolute atomic E-state index is 0.153. The van der Waals surface area contributed by atoms with E-state index in [-0.39, 0.29) is 13.0 Å². The van der Waals surface area contributed by atoms with E-state index in [1.807, 2.05) is 19.0 Å². The van der Waals surface area contributed by atoms with Crippen molar-refractivity contribution in [2.45, 2.75) is 18.6 Å². The molecule has 2 N–H and O–H groups in total. The summed E-state index contributed by atoms with van der Waals surface area (Å²) in [7, 11) is 3.95. The Morgan fingerprint density at radius 2 is 1.95 bits per heavy atom. The summed E-state index contributed by atoms with van der Waals surface area (Å²) in [4.78, 5) is 4.63. The Hall–Kier alpha value is -1.79. The maximum Gasteiger partial charge on any atom is 0.119 e. The van der Waals surface area contributed by atoms with Crippen LogP contribution in [0.5, 0.6) is 5.75 Å². The fraction of sp³-hybridized carbons (Fsp3) is 0.571. The molecular weight excluding hydrogens is 272 g/mol. The molecule has 116 valence electrons. The number of nitrogens with zero attached hydrogens (tertiary/aromatic N) is 4. The van der Waals surface area contributed by atoms with Crippen LogP contribution < -0.4 is 4.74 Å². The van der Waals surface area contributed by atoms with Gasteiger partial charge in [0.2, 0.25) is 0 Å². The average Bonchev–Trinajstić information content (AvgIpc) is 2.47. The van der Waals surface area contributed by atoms with Crippen LogP contribution in [0.25, 0.3) is 10.4 Å². The van der Waals surface area contributed by atoms with Gasteiger partial charge in [-0.25, -0.2) is 0 Å². The Morgan fingerprint density at radius 1 is 1.29 bits per heavy atom. The number of aliphatic hydroxyl groups is 2. The smallest absolute Gasteiger partial charge is 0.119 e. The summed E-state index contributed by atoms with van der Waals surface area (Å²) in [6.45, 7) is 1.56. The molecular formula is C14H22N4O3. The molecule has 0 saturated carbocycles. The number of ether oxygens (including phenoxy) is 1. The SMILES string of the molecule is CN(C)CCOc1ccc(C(O)C(O)CCN=[N+]=[N-])cc1. The van der Waals surface area contributed by atoms with Gasteiger partial charge in [-0.3, -0.25) is 0 Å². The van der Waals surface area contributed by atoms with Crippen LogP contribution in [-0.2, 0) is 0 Å². The van der Waals surface area contributed by atoms with Crippen molar-refractivity contribution in [3.05, 3.63) is 40.3 Å². The molecule has 0 radical (unpaired) electrons. The molecule has 0 aromatic heterocycles. The predicted molar refractivity (Wildman–Crippen MR) is 80.1 cm³/mol. The van der Waals surface area contributed by atoms with Gasteiger partial charge in [0.1, 0.15) is 18.5 Å². The third-order valence-corrected chi connectivity index (χ3v) is 2.98. The van der Waals surface area contributed by atoms with Gasteiger partial charge in [0.15, 0.2) is 0 Å². The van der Waals surface area contributed by atoms with Crippen molar-refractivity contribution in [2.24, 2.45) is 5.11 Å². The quantitative estimate of drug-likeness (QED) is 0.411. The lowest BCUT2D eigenvalue weighted by Crippen LogP contribution is -2.20. The van der Waals surface area contributed by atoms with E-state index in [0.717, 1.165) is 12.3 Å². The van der Waals surface area contributed by atoms with E-state index in [4.69, 9.17) is 10.3 Å². The molecule has 2 atom stereocenters. The Kier molecular flexibility index (Phi) is 7.56. The molecule has 0 amide bonds. The van der Waals surface area contributed by atoms with Crippen LogP contribution in [0.1, 0.15) is 18.1 Å². The van der Waals surface area contributed by atoms with Crippen molar-refractivity contribution in [1.29, 1.82) is 0 Å². The molecule has 2 unspecified atom stereocenters. The van der Waals surface area contributed by atoms with Gasteiger partial charge in [-0.05, 0) is 43.7 Å². The van der Waals surface area contributed by atoms with Gasteiger partial charge in [0, 0.05) is 18.0 Å². The molecule has 0 heterocycles. The maximum absolute atomic E-state index is 10.00. The zero-order valence-corrected chi connectivity index (χ0v) is 12.4. The summed E-state index contributed by atoms with van der Waals surface area (Å²) in [6.07, 6.45) is -1.75. The van der Waals surface area contributed by atoms with Gasteiger partial charge in [-0.1, -0.05) is 17.2 Å². The number of azide groups is 1. The van der Waals surface area contributed by atoms with E-state index in [9.17, 15) is 10.2 Å². The second-order valence-electron chi connectivity index (χ2n) is 4.98. The highest BCUT2D eigenvalue weighted by molar-refractivity contribution is 5.29. The first kappa shape index (κ1) is 17.3. The van der Waals surface area contributed by atoms with E-state index in [0.29, 0.717) is 12.2 Å². The third kappa shape index (κ3) is 6.46. The van der Waals surface area contributed by atoms with Gasteiger partial charge < -0.3 is 19.8 Å². The topological polar surface area (TPSA) is 102 Å². The molecule has 1 aromatic carbocycles. The molecule has 7 heteroatoms. The monoisotopic (exact) mass is 294 g/mol. The number of rotatable bonds is 9. The molecule has 7 nitrogen and oxygen atoms in total. The molecule has 21 heavy (non-hydrogen) atoms. The molecule has 0 aliphatic carbocycles. The van der Waals surface area contributed by atoms with E-state index in [2.05, 4.69) is 10.0 Å². The molecule has 0 aliphatic rings. The number of hydrogen-bond acceptors (Lipinski definition) is 5. The first-order chi connectivity index (χ1) is 10.0. The van der Waals surface area contributed by atoms with Crippen molar-refractivity contribution in [3.63, 3.8) is 0 Å². The summed E-state index contributed by atoms with van der Waals surface area (Å²) in [5.41, 5.74) is 8.77. The summed E-state index contributed by atoms with van der Waals surface area (Å²) >= 11 is 0. The van der Waals surface area contributed by atoms with Crippen LogP contribution >= 0.6 is 0 Å². The van der Waals surface area contributed by atoms with Crippen LogP contribution in [0, 0.1) is 0 Å². The van der Waals surface area contributed by atoms with Gasteiger partial charge in [0.25, 0.3) is 0 Å². The van der Waals surface area contributed by atoms with E-state index in [1.54, 1.807) is 24.3 Å². The van der Waals surface area contributed by atoms with Gasteiger partial charge in [0.05, 0.1) is 6.10 Å². The summed E-state index contributed by atoms with van der Waals surface area (Å²) in [5, 5.41) is 23.1. The van der Waals surface area contributed by atoms with Crippen LogP contribution in [-0.4, -0.2) is 55.0 Å². The van der Waals surface area contributed by atoms with E-state index in [1.165, 1.54) is 0 Å². The lowest BCUT2D eigenvalue weighted by atomic mass is 10.0. The lowest BCUT2D eigenvalue weighted by molar-refractivity contribution is 0.0150. The zero-order chi connectivity index (χ0) is 15.7. The van der Waals surface area contributed by atoms with E-state index < -0.39 is 12.2 Å². The minimum atomic E-state index is -1.00. The van der Waals surface area contributed by atoms with Crippen LogP contribution in [0.15, 0.2) is 29.4 Å².